The smallest absolute Gasteiger partial charge is 0.344 e. The summed E-state index contributed by atoms with van der Waals surface area (Å²) in [6.07, 6.45) is -0.209. The van der Waals surface area contributed by atoms with Gasteiger partial charge < -0.3 is 19.7 Å². The van der Waals surface area contributed by atoms with Crippen molar-refractivity contribution in [3.8, 4) is 11.5 Å². The van der Waals surface area contributed by atoms with Gasteiger partial charge in [-0.1, -0.05) is 23.2 Å². The molecule has 2 N–H and O–H groups in total. The SMILES string of the molecule is Cc1cc(Cl)ccc1OC(C)C(=O)O.Cc1cc(Cl)ccc1OCCCC(=O)O. The molecule has 0 fully saturated rings. The second-order valence-corrected chi connectivity index (χ2v) is 7.14. The van der Waals surface area contributed by atoms with E-state index in [1.807, 2.05) is 19.9 Å². The van der Waals surface area contributed by atoms with Gasteiger partial charge in [-0.15, -0.1) is 0 Å². The molecule has 0 bridgehead atoms. The lowest BCUT2D eigenvalue weighted by Gasteiger charge is -2.12. The lowest BCUT2D eigenvalue weighted by Crippen LogP contribution is -2.23. The Morgan fingerprint density at radius 2 is 1.48 bits per heavy atom. The highest BCUT2D eigenvalue weighted by molar-refractivity contribution is 6.31. The summed E-state index contributed by atoms with van der Waals surface area (Å²) in [5, 5.41) is 18.3. The van der Waals surface area contributed by atoms with Crippen LogP contribution >= 0.6 is 23.2 Å². The van der Waals surface area contributed by atoms with Crippen LogP contribution in [0.3, 0.4) is 0 Å². The molecule has 0 heterocycles. The Morgan fingerprint density at radius 3 is 1.93 bits per heavy atom. The largest absolute Gasteiger partial charge is 0.493 e. The third kappa shape index (κ3) is 9.54. The number of ether oxygens (including phenoxy) is 2. The maximum atomic E-state index is 10.5. The molecule has 158 valence electrons. The van der Waals surface area contributed by atoms with Gasteiger partial charge in [-0.25, -0.2) is 4.79 Å². The highest BCUT2D eigenvalue weighted by Gasteiger charge is 2.13. The molecule has 8 heteroatoms. The summed E-state index contributed by atoms with van der Waals surface area (Å²) in [5.41, 5.74) is 1.78. The number of aliphatic carboxylic acids is 2. The molecule has 2 aromatic rings. The number of carboxylic acid groups (broad SMARTS) is 2. The number of carbonyl (C=O) groups is 2. The summed E-state index contributed by atoms with van der Waals surface area (Å²) in [7, 11) is 0. The zero-order chi connectivity index (χ0) is 22.0. The van der Waals surface area contributed by atoms with E-state index in [0.717, 1.165) is 16.9 Å². The fourth-order valence-corrected chi connectivity index (χ4v) is 2.62. The maximum Gasteiger partial charge on any atom is 0.344 e. The van der Waals surface area contributed by atoms with Crippen molar-refractivity contribution in [3.63, 3.8) is 0 Å². The van der Waals surface area contributed by atoms with Crippen LogP contribution in [0, 0.1) is 13.8 Å². The quantitative estimate of drug-likeness (QED) is 0.532. The van der Waals surface area contributed by atoms with E-state index in [-0.39, 0.29) is 6.42 Å². The van der Waals surface area contributed by atoms with E-state index < -0.39 is 18.0 Å². The Labute approximate surface area is 180 Å². The number of aryl methyl sites for hydroxylation is 2. The van der Waals surface area contributed by atoms with E-state index in [4.69, 9.17) is 42.9 Å². The van der Waals surface area contributed by atoms with E-state index in [1.54, 1.807) is 30.3 Å². The predicted molar refractivity (Wildman–Crippen MR) is 112 cm³/mol. The van der Waals surface area contributed by atoms with Gasteiger partial charge in [0.05, 0.1) is 6.61 Å². The summed E-state index contributed by atoms with van der Waals surface area (Å²) in [5.74, 6) is -0.486. The summed E-state index contributed by atoms with van der Waals surface area (Å²) in [6, 6.07) is 10.4. The van der Waals surface area contributed by atoms with Gasteiger partial charge >= 0.3 is 11.9 Å². The molecule has 1 atom stereocenters. The van der Waals surface area contributed by atoms with Gasteiger partial charge in [0.1, 0.15) is 11.5 Å². The molecule has 0 radical (unpaired) electrons. The highest BCUT2D eigenvalue weighted by Crippen LogP contribution is 2.23. The number of hydrogen-bond acceptors (Lipinski definition) is 4. The van der Waals surface area contributed by atoms with E-state index in [1.165, 1.54) is 6.92 Å². The van der Waals surface area contributed by atoms with Crippen molar-refractivity contribution >= 4 is 35.1 Å². The summed E-state index contributed by atoms with van der Waals surface area (Å²) < 4.78 is 10.6. The third-order valence-electron chi connectivity index (χ3n) is 3.72. The van der Waals surface area contributed by atoms with Crippen LogP contribution in [0.4, 0.5) is 0 Å². The minimum Gasteiger partial charge on any atom is -0.493 e. The molecule has 1 unspecified atom stereocenters. The molecule has 0 saturated carbocycles. The van der Waals surface area contributed by atoms with Crippen LogP contribution in [0.1, 0.15) is 30.9 Å². The molecular formula is C21H24Cl2O6. The van der Waals surface area contributed by atoms with Crippen LogP contribution in [-0.4, -0.2) is 34.9 Å². The Bertz CT molecular complexity index is 838. The minimum absolute atomic E-state index is 0.132. The molecule has 2 rings (SSSR count). The molecule has 29 heavy (non-hydrogen) atoms. The van der Waals surface area contributed by atoms with Gasteiger partial charge in [-0.05, 0) is 74.7 Å². The zero-order valence-electron chi connectivity index (χ0n) is 16.4. The van der Waals surface area contributed by atoms with E-state index in [2.05, 4.69) is 0 Å². The van der Waals surface area contributed by atoms with Crippen LogP contribution in [0.25, 0.3) is 0 Å². The van der Waals surface area contributed by atoms with Gasteiger partial charge in [-0.3, -0.25) is 4.79 Å². The normalized spacial score (nSPS) is 11.1. The molecule has 0 amide bonds. The zero-order valence-corrected chi connectivity index (χ0v) is 18.0. The molecule has 0 spiro atoms. The van der Waals surface area contributed by atoms with Gasteiger partial charge in [0.15, 0.2) is 6.10 Å². The van der Waals surface area contributed by atoms with Crippen molar-refractivity contribution in [1.29, 1.82) is 0 Å². The van der Waals surface area contributed by atoms with Crippen LogP contribution in [0.15, 0.2) is 36.4 Å². The summed E-state index contributed by atoms with van der Waals surface area (Å²) in [6.45, 7) is 5.61. The van der Waals surface area contributed by atoms with Crippen molar-refractivity contribution < 1.29 is 29.3 Å². The molecule has 0 aliphatic heterocycles. The molecule has 6 nitrogen and oxygen atoms in total. The first-order valence-corrected chi connectivity index (χ1v) is 9.62. The topological polar surface area (TPSA) is 93.1 Å². The van der Waals surface area contributed by atoms with E-state index >= 15 is 0 Å². The predicted octanol–water partition coefficient (Wildman–Crippen LogP) is 5.39. The molecule has 0 aromatic heterocycles. The van der Waals surface area contributed by atoms with Crippen molar-refractivity contribution in [2.45, 2.75) is 39.7 Å². The molecule has 0 aliphatic carbocycles. The minimum atomic E-state index is -0.987. The lowest BCUT2D eigenvalue weighted by atomic mass is 10.2. The monoisotopic (exact) mass is 442 g/mol. The fraction of sp³-hybridized carbons (Fsp3) is 0.333. The molecule has 0 saturated heterocycles. The lowest BCUT2D eigenvalue weighted by molar-refractivity contribution is -0.144. The third-order valence-corrected chi connectivity index (χ3v) is 4.19. The summed E-state index contributed by atoms with van der Waals surface area (Å²) >= 11 is 11.5. The van der Waals surface area contributed by atoms with Crippen LogP contribution in [0.2, 0.25) is 10.0 Å². The van der Waals surface area contributed by atoms with E-state index in [9.17, 15) is 9.59 Å². The van der Waals surface area contributed by atoms with Gasteiger partial charge in [0, 0.05) is 16.5 Å². The molecule has 0 aliphatic rings. The first-order valence-electron chi connectivity index (χ1n) is 8.86. The summed E-state index contributed by atoms with van der Waals surface area (Å²) in [4.78, 5) is 20.8. The highest BCUT2D eigenvalue weighted by atomic mass is 35.5. The van der Waals surface area contributed by atoms with Crippen molar-refractivity contribution in [2.24, 2.45) is 0 Å². The van der Waals surface area contributed by atoms with Crippen molar-refractivity contribution in [1.82, 2.24) is 0 Å². The molecular weight excluding hydrogens is 419 g/mol. The van der Waals surface area contributed by atoms with Gasteiger partial charge in [0.25, 0.3) is 0 Å². The van der Waals surface area contributed by atoms with Crippen LogP contribution in [0.5, 0.6) is 11.5 Å². The van der Waals surface area contributed by atoms with Crippen molar-refractivity contribution in [2.75, 3.05) is 6.61 Å². The number of hydrogen-bond donors (Lipinski definition) is 2. The Balaban J connectivity index is 0.000000291. The first kappa shape index (κ1) is 24.6. The first-order chi connectivity index (χ1) is 13.6. The van der Waals surface area contributed by atoms with Crippen LogP contribution in [-0.2, 0) is 9.59 Å². The number of carboxylic acids is 2. The maximum absolute atomic E-state index is 10.5. The standard InChI is InChI=1S/C11H13ClO3.C10H11ClO3/c1-8-7-9(12)4-5-10(8)15-6-2-3-11(13)14;1-6-5-8(11)3-4-9(6)14-7(2)10(12)13/h4-5,7H,2-3,6H2,1H3,(H,13,14);3-5,7H,1-2H3,(H,12,13). The Hall–Kier alpha value is -2.44. The van der Waals surface area contributed by atoms with Gasteiger partial charge in [0.2, 0.25) is 0 Å². The molecule has 2 aromatic carbocycles. The number of halogens is 2. The van der Waals surface area contributed by atoms with E-state index in [0.29, 0.717) is 28.8 Å². The second-order valence-electron chi connectivity index (χ2n) is 6.26. The Morgan fingerprint density at radius 1 is 0.966 bits per heavy atom. The van der Waals surface area contributed by atoms with Crippen molar-refractivity contribution in [3.05, 3.63) is 57.6 Å². The van der Waals surface area contributed by atoms with Crippen LogP contribution < -0.4 is 9.47 Å². The number of rotatable bonds is 8. The Kier molecular flexibility index (Phi) is 10.3. The van der Waals surface area contributed by atoms with Gasteiger partial charge in [-0.2, -0.15) is 0 Å². The fourth-order valence-electron chi connectivity index (χ4n) is 2.17. The second kappa shape index (κ2) is 12.2. The number of benzene rings is 2. The average molecular weight is 443 g/mol. The average Bonchev–Trinajstić information content (AvgIpc) is 2.62.